The van der Waals surface area contributed by atoms with Crippen LogP contribution in [0.1, 0.15) is 32.1 Å². The number of likely N-dealkylation sites (tertiary alicyclic amines) is 1. The number of amides is 2. The van der Waals surface area contributed by atoms with Gasteiger partial charge in [0.25, 0.3) is 0 Å². The third kappa shape index (κ3) is 2.77. The van der Waals surface area contributed by atoms with Gasteiger partial charge in [-0.15, -0.1) is 0 Å². The van der Waals surface area contributed by atoms with Crippen molar-refractivity contribution in [2.45, 2.75) is 38.1 Å². The molecule has 2 unspecified atom stereocenters. The molecule has 0 saturated carbocycles. The molecule has 0 aliphatic carbocycles. The quantitative estimate of drug-likeness (QED) is 0.707. The predicted octanol–water partition coefficient (Wildman–Crippen LogP) is -0.114. The number of rotatable bonds is 2. The van der Waals surface area contributed by atoms with Crippen LogP contribution < -0.4 is 5.32 Å². The molecule has 2 rings (SSSR count). The Morgan fingerprint density at radius 3 is 2.94 bits per heavy atom. The van der Waals surface area contributed by atoms with Crippen molar-refractivity contribution in [1.29, 1.82) is 0 Å². The van der Waals surface area contributed by atoms with Crippen LogP contribution in [0.25, 0.3) is 0 Å². The number of aliphatic hydroxyl groups excluding tert-OH is 1. The summed E-state index contributed by atoms with van der Waals surface area (Å²) < 4.78 is 0. The minimum atomic E-state index is -0.184. The Bertz CT molecular complexity index is 306. The summed E-state index contributed by atoms with van der Waals surface area (Å²) in [5, 5.41) is 12.0. The minimum absolute atomic E-state index is 0.0324. The number of piperidine rings is 2. The Labute approximate surface area is 101 Å². The number of nitrogens with one attached hydrogen (secondary N) is 1. The summed E-state index contributed by atoms with van der Waals surface area (Å²) in [6.07, 6.45) is 3.97. The molecule has 2 amide bonds. The molecule has 2 aliphatic heterocycles. The monoisotopic (exact) mass is 240 g/mol. The number of hydrogen-bond donors (Lipinski definition) is 2. The van der Waals surface area contributed by atoms with Gasteiger partial charge in [0.2, 0.25) is 11.8 Å². The second kappa shape index (κ2) is 5.49. The molecule has 5 heteroatoms. The molecular weight excluding hydrogens is 220 g/mol. The third-order valence-corrected chi connectivity index (χ3v) is 3.72. The zero-order valence-corrected chi connectivity index (χ0v) is 10.0. The molecule has 0 spiro atoms. The number of hydrogen-bond acceptors (Lipinski definition) is 3. The van der Waals surface area contributed by atoms with Crippen molar-refractivity contribution in [3.05, 3.63) is 0 Å². The van der Waals surface area contributed by atoms with Gasteiger partial charge in [0.05, 0.1) is 12.6 Å². The summed E-state index contributed by atoms with van der Waals surface area (Å²) in [5.74, 6) is -0.165. The van der Waals surface area contributed by atoms with Gasteiger partial charge in [-0.25, -0.2) is 0 Å². The summed E-state index contributed by atoms with van der Waals surface area (Å²) in [5.41, 5.74) is 0. The van der Waals surface area contributed by atoms with E-state index in [4.69, 9.17) is 0 Å². The number of carbonyl (C=O) groups excluding carboxylic acids is 2. The Kier molecular flexibility index (Phi) is 3.99. The molecule has 0 radical (unpaired) electrons. The fourth-order valence-corrected chi connectivity index (χ4v) is 2.71. The molecule has 2 aliphatic rings. The number of aliphatic hydroxyl groups is 1. The van der Waals surface area contributed by atoms with E-state index in [0.717, 1.165) is 32.2 Å². The average Bonchev–Trinajstić information content (AvgIpc) is 2.38. The van der Waals surface area contributed by atoms with Gasteiger partial charge >= 0.3 is 0 Å². The highest BCUT2D eigenvalue weighted by molar-refractivity contribution is 5.87. The lowest BCUT2D eigenvalue weighted by Gasteiger charge is -2.37. The lowest BCUT2D eigenvalue weighted by molar-refractivity contribution is -0.144. The highest BCUT2D eigenvalue weighted by Crippen LogP contribution is 2.22. The lowest BCUT2D eigenvalue weighted by atomic mass is 9.93. The van der Waals surface area contributed by atoms with Crippen molar-refractivity contribution in [3.8, 4) is 0 Å². The molecule has 2 saturated heterocycles. The number of nitrogens with zero attached hydrogens (tertiary/aromatic N) is 1. The lowest BCUT2D eigenvalue weighted by Crippen LogP contribution is -2.50. The van der Waals surface area contributed by atoms with Crippen LogP contribution in [0.5, 0.6) is 0 Å². The molecule has 2 fully saturated rings. The van der Waals surface area contributed by atoms with E-state index in [-0.39, 0.29) is 30.4 Å². The van der Waals surface area contributed by atoms with E-state index in [0.29, 0.717) is 13.0 Å². The van der Waals surface area contributed by atoms with Gasteiger partial charge in [0.1, 0.15) is 0 Å². The van der Waals surface area contributed by atoms with E-state index in [1.54, 1.807) is 4.90 Å². The van der Waals surface area contributed by atoms with Crippen molar-refractivity contribution in [1.82, 2.24) is 10.2 Å². The van der Waals surface area contributed by atoms with Gasteiger partial charge in [-0.3, -0.25) is 9.59 Å². The van der Waals surface area contributed by atoms with Crippen LogP contribution in [-0.2, 0) is 9.59 Å². The van der Waals surface area contributed by atoms with Gasteiger partial charge in [-0.1, -0.05) is 0 Å². The SMILES string of the molecule is O=C1CC(C(=O)N2CCCCC2CO)CCN1. The Morgan fingerprint density at radius 1 is 1.41 bits per heavy atom. The summed E-state index contributed by atoms with van der Waals surface area (Å²) in [6.45, 7) is 1.35. The van der Waals surface area contributed by atoms with E-state index in [1.807, 2.05) is 0 Å². The topological polar surface area (TPSA) is 69.6 Å². The molecular formula is C12H20N2O3. The molecule has 0 aromatic rings. The van der Waals surface area contributed by atoms with Gasteiger partial charge in [-0.2, -0.15) is 0 Å². The molecule has 0 aromatic heterocycles. The van der Waals surface area contributed by atoms with Crippen molar-refractivity contribution >= 4 is 11.8 Å². The molecule has 2 N–H and O–H groups in total. The average molecular weight is 240 g/mol. The van der Waals surface area contributed by atoms with Crippen LogP contribution >= 0.6 is 0 Å². The van der Waals surface area contributed by atoms with Gasteiger partial charge in [0, 0.05) is 25.4 Å². The molecule has 2 atom stereocenters. The zero-order valence-electron chi connectivity index (χ0n) is 10.0. The molecule has 96 valence electrons. The van der Waals surface area contributed by atoms with Gasteiger partial charge < -0.3 is 15.3 Å². The number of carbonyl (C=O) groups is 2. The fraction of sp³-hybridized carbons (Fsp3) is 0.833. The first-order valence-electron chi connectivity index (χ1n) is 6.40. The molecule has 2 heterocycles. The van der Waals surface area contributed by atoms with E-state index < -0.39 is 0 Å². The van der Waals surface area contributed by atoms with Crippen molar-refractivity contribution in [3.63, 3.8) is 0 Å². The molecule has 0 bridgehead atoms. The van der Waals surface area contributed by atoms with E-state index in [1.165, 1.54) is 0 Å². The van der Waals surface area contributed by atoms with Crippen LogP contribution in [0.15, 0.2) is 0 Å². The van der Waals surface area contributed by atoms with Gasteiger partial charge in [0.15, 0.2) is 0 Å². The Hall–Kier alpha value is -1.10. The third-order valence-electron chi connectivity index (χ3n) is 3.72. The standard InChI is InChI=1S/C12H20N2O3/c15-8-10-3-1-2-6-14(10)12(17)9-4-5-13-11(16)7-9/h9-10,15H,1-8H2,(H,13,16). The summed E-state index contributed by atoms with van der Waals surface area (Å²) in [6, 6.07) is -0.0405. The normalized spacial score (nSPS) is 29.9. The Balaban J connectivity index is 1.99. The maximum atomic E-state index is 12.3. The molecule has 0 aromatic carbocycles. The van der Waals surface area contributed by atoms with Crippen LogP contribution in [0.3, 0.4) is 0 Å². The molecule has 17 heavy (non-hydrogen) atoms. The molecule has 5 nitrogen and oxygen atoms in total. The van der Waals surface area contributed by atoms with E-state index in [2.05, 4.69) is 5.32 Å². The first kappa shape index (κ1) is 12.4. The maximum Gasteiger partial charge on any atom is 0.226 e. The minimum Gasteiger partial charge on any atom is -0.394 e. The summed E-state index contributed by atoms with van der Waals surface area (Å²) in [4.78, 5) is 25.4. The largest absolute Gasteiger partial charge is 0.394 e. The van der Waals surface area contributed by atoms with Crippen LogP contribution in [0.4, 0.5) is 0 Å². The smallest absolute Gasteiger partial charge is 0.226 e. The summed E-state index contributed by atoms with van der Waals surface area (Å²) >= 11 is 0. The van der Waals surface area contributed by atoms with Gasteiger partial charge in [-0.05, 0) is 25.7 Å². The first-order chi connectivity index (χ1) is 8.22. The predicted molar refractivity (Wildman–Crippen MR) is 62.2 cm³/mol. The van der Waals surface area contributed by atoms with Crippen molar-refractivity contribution in [2.24, 2.45) is 5.92 Å². The first-order valence-corrected chi connectivity index (χ1v) is 6.40. The van der Waals surface area contributed by atoms with Crippen LogP contribution in [-0.4, -0.2) is 47.6 Å². The van der Waals surface area contributed by atoms with Crippen molar-refractivity contribution in [2.75, 3.05) is 19.7 Å². The van der Waals surface area contributed by atoms with Crippen LogP contribution in [0, 0.1) is 5.92 Å². The Morgan fingerprint density at radius 2 is 2.24 bits per heavy atom. The second-order valence-corrected chi connectivity index (χ2v) is 4.90. The zero-order chi connectivity index (χ0) is 12.3. The van der Waals surface area contributed by atoms with E-state index >= 15 is 0 Å². The summed E-state index contributed by atoms with van der Waals surface area (Å²) in [7, 11) is 0. The van der Waals surface area contributed by atoms with E-state index in [9.17, 15) is 14.7 Å². The second-order valence-electron chi connectivity index (χ2n) is 4.90. The van der Waals surface area contributed by atoms with Crippen LogP contribution in [0.2, 0.25) is 0 Å². The maximum absolute atomic E-state index is 12.3. The highest BCUT2D eigenvalue weighted by Gasteiger charge is 2.33. The fourth-order valence-electron chi connectivity index (χ4n) is 2.71. The highest BCUT2D eigenvalue weighted by atomic mass is 16.3. The van der Waals surface area contributed by atoms with Crippen molar-refractivity contribution < 1.29 is 14.7 Å².